The first-order valence-corrected chi connectivity index (χ1v) is 4.74. The monoisotopic (exact) mass is 192 g/mol. The zero-order valence-electron chi connectivity index (χ0n) is 8.48. The van der Waals surface area contributed by atoms with E-state index in [1.807, 2.05) is 24.3 Å². The van der Waals surface area contributed by atoms with Crippen molar-refractivity contribution in [2.45, 2.75) is 13.5 Å². The van der Waals surface area contributed by atoms with Crippen molar-refractivity contribution in [3.8, 4) is 0 Å². The molecule has 0 aliphatic heterocycles. The van der Waals surface area contributed by atoms with E-state index in [1.54, 1.807) is 0 Å². The molecule has 0 unspecified atom stereocenters. The van der Waals surface area contributed by atoms with E-state index in [9.17, 15) is 0 Å². The molecular weight excluding hydrogens is 176 g/mol. The van der Waals surface area contributed by atoms with Crippen LogP contribution in [0.5, 0.6) is 0 Å². The van der Waals surface area contributed by atoms with Crippen LogP contribution in [0.4, 0.5) is 5.82 Å². The maximum atomic E-state index is 8.95. The molecule has 1 aromatic rings. The molecule has 0 saturated carbocycles. The van der Waals surface area contributed by atoms with Crippen LogP contribution in [-0.2, 0) is 6.61 Å². The Kier molecular flexibility index (Phi) is 4.13. The van der Waals surface area contributed by atoms with Gasteiger partial charge in [0.25, 0.3) is 0 Å². The molecule has 14 heavy (non-hydrogen) atoms. The standard InChI is InChI=1S/C11H16N2O/c1-3-8-13(4-2)11-7-5-6-10(9-14)12-11/h3,5-7,14H,1,4,8-9H2,2H3. The van der Waals surface area contributed by atoms with Crippen molar-refractivity contribution in [3.63, 3.8) is 0 Å². The highest BCUT2D eigenvalue weighted by atomic mass is 16.3. The van der Waals surface area contributed by atoms with E-state index in [4.69, 9.17) is 5.11 Å². The number of aliphatic hydroxyl groups is 1. The van der Waals surface area contributed by atoms with Gasteiger partial charge in [0, 0.05) is 13.1 Å². The molecule has 3 heteroatoms. The molecule has 0 aliphatic rings. The zero-order valence-corrected chi connectivity index (χ0v) is 8.48. The van der Waals surface area contributed by atoms with E-state index in [1.165, 1.54) is 0 Å². The maximum Gasteiger partial charge on any atom is 0.129 e. The number of likely N-dealkylation sites (N-methyl/N-ethyl adjacent to an activating group) is 1. The molecule has 1 heterocycles. The predicted octanol–water partition coefficient (Wildman–Crippen LogP) is 1.59. The first-order chi connectivity index (χ1) is 6.81. The van der Waals surface area contributed by atoms with E-state index in [0.29, 0.717) is 5.69 Å². The summed E-state index contributed by atoms with van der Waals surface area (Å²) in [5, 5.41) is 8.95. The van der Waals surface area contributed by atoms with Crippen molar-refractivity contribution < 1.29 is 5.11 Å². The fraction of sp³-hybridized carbons (Fsp3) is 0.364. The van der Waals surface area contributed by atoms with Crippen molar-refractivity contribution in [2.24, 2.45) is 0 Å². The Hall–Kier alpha value is -1.35. The molecule has 0 spiro atoms. The smallest absolute Gasteiger partial charge is 0.129 e. The quantitative estimate of drug-likeness (QED) is 0.720. The van der Waals surface area contributed by atoms with Crippen LogP contribution in [-0.4, -0.2) is 23.2 Å². The van der Waals surface area contributed by atoms with Gasteiger partial charge in [0.15, 0.2) is 0 Å². The summed E-state index contributed by atoms with van der Waals surface area (Å²) in [6, 6.07) is 5.65. The molecule has 0 aliphatic carbocycles. The van der Waals surface area contributed by atoms with E-state index in [-0.39, 0.29) is 6.61 Å². The van der Waals surface area contributed by atoms with Crippen LogP contribution < -0.4 is 4.90 Å². The largest absolute Gasteiger partial charge is 0.390 e. The lowest BCUT2D eigenvalue weighted by atomic mass is 10.3. The van der Waals surface area contributed by atoms with Gasteiger partial charge >= 0.3 is 0 Å². The van der Waals surface area contributed by atoms with Crippen molar-refractivity contribution in [3.05, 3.63) is 36.5 Å². The number of hydrogen-bond donors (Lipinski definition) is 1. The molecule has 1 aromatic heterocycles. The Morgan fingerprint density at radius 2 is 2.36 bits per heavy atom. The molecule has 0 atom stereocenters. The lowest BCUT2D eigenvalue weighted by Gasteiger charge is -2.20. The number of hydrogen-bond acceptors (Lipinski definition) is 3. The lowest BCUT2D eigenvalue weighted by molar-refractivity contribution is 0.277. The minimum atomic E-state index is -0.0144. The Bertz CT molecular complexity index is 299. The summed E-state index contributed by atoms with van der Waals surface area (Å²) in [5.74, 6) is 0.888. The molecule has 0 amide bonds. The van der Waals surface area contributed by atoms with Crippen LogP contribution in [0.1, 0.15) is 12.6 Å². The number of rotatable bonds is 5. The Morgan fingerprint density at radius 1 is 1.57 bits per heavy atom. The van der Waals surface area contributed by atoms with Gasteiger partial charge in [0.05, 0.1) is 12.3 Å². The molecular formula is C11H16N2O. The second-order valence-electron chi connectivity index (χ2n) is 2.97. The summed E-state index contributed by atoms with van der Waals surface area (Å²) in [4.78, 5) is 6.40. The van der Waals surface area contributed by atoms with Gasteiger partial charge < -0.3 is 10.0 Å². The number of aliphatic hydroxyl groups excluding tert-OH is 1. The van der Waals surface area contributed by atoms with Gasteiger partial charge in [0.2, 0.25) is 0 Å². The third-order valence-corrected chi connectivity index (χ3v) is 2.01. The fourth-order valence-electron chi connectivity index (χ4n) is 1.27. The third kappa shape index (κ3) is 2.57. The molecule has 0 radical (unpaired) electrons. The van der Waals surface area contributed by atoms with Gasteiger partial charge in [-0.1, -0.05) is 12.1 Å². The molecule has 0 saturated heterocycles. The molecule has 0 aromatic carbocycles. The van der Waals surface area contributed by atoms with Gasteiger partial charge in [-0.15, -0.1) is 6.58 Å². The third-order valence-electron chi connectivity index (χ3n) is 2.01. The molecule has 0 bridgehead atoms. The average Bonchev–Trinajstić information content (AvgIpc) is 2.26. The van der Waals surface area contributed by atoms with Crippen LogP contribution >= 0.6 is 0 Å². The SMILES string of the molecule is C=CCN(CC)c1cccc(CO)n1. The second-order valence-corrected chi connectivity index (χ2v) is 2.97. The molecule has 1 rings (SSSR count). The predicted molar refractivity (Wildman–Crippen MR) is 58.2 cm³/mol. The molecule has 1 N–H and O–H groups in total. The summed E-state index contributed by atoms with van der Waals surface area (Å²) < 4.78 is 0. The summed E-state index contributed by atoms with van der Waals surface area (Å²) in [5.41, 5.74) is 0.699. The van der Waals surface area contributed by atoms with Crippen LogP contribution in [0.2, 0.25) is 0 Å². The van der Waals surface area contributed by atoms with Gasteiger partial charge in [-0.2, -0.15) is 0 Å². The van der Waals surface area contributed by atoms with Crippen molar-refractivity contribution in [1.29, 1.82) is 0 Å². The van der Waals surface area contributed by atoms with Crippen LogP contribution in [0.3, 0.4) is 0 Å². The number of anilines is 1. The van der Waals surface area contributed by atoms with E-state index in [2.05, 4.69) is 23.4 Å². The molecule has 76 valence electrons. The van der Waals surface area contributed by atoms with Gasteiger partial charge in [0.1, 0.15) is 5.82 Å². The minimum Gasteiger partial charge on any atom is -0.390 e. The topological polar surface area (TPSA) is 36.4 Å². The van der Waals surface area contributed by atoms with E-state index in [0.717, 1.165) is 18.9 Å². The summed E-state index contributed by atoms with van der Waals surface area (Å²) >= 11 is 0. The first kappa shape index (κ1) is 10.7. The number of pyridine rings is 1. The van der Waals surface area contributed by atoms with Crippen molar-refractivity contribution in [2.75, 3.05) is 18.0 Å². The van der Waals surface area contributed by atoms with Crippen LogP contribution in [0, 0.1) is 0 Å². The first-order valence-electron chi connectivity index (χ1n) is 4.74. The Labute approximate surface area is 84.7 Å². The zero-order chi connectivity index (χ0) is 10.4. The normalized spacial score (nSPS) is 9.86. The summed E-state index contributed by atoms with van der Waals surface area (Å²) in [6.07, 6.45) is 1.84. The Morgan fingerprint density at radius 3 is 2.93 bits per heavy atom. The second kappa shape index (κ2) is 5.40. The average molecular weight is 192 g/mol. The fourth-order valence-corrected chi connectivity index (χ4v) is 1.27. The van der Waals surface area contributed by atoms with Gasteiger partial charge in [-0.25, -0.2) is 4.98 Å². The van der Waals surface area contributed by atoms with E-state index >= 15 is 0 Å². The van der Waals surface area contributed by atoms with Crippen LogP contribution in [0.25, 0.3) is 0 Å². The highest BCUT2D eigenvalue weighted by Crippen LogP contribution is 2.10. The molecule has 0 fully saturated rings. The minimum absolute atomic E-state index is 0.0144. The van der Waals surface area contributed by atoms with Gasteiger partial charge in [-0.3, -0.25) is 0 Å². The number of nitrogens with zero attached hydrogens (tertiary/aromatic N) is 2. The van der Waals surface area contributed by atoms with Gasteiger partial charge in [-0.05, 0) is 19.1 Å². The summed E-state index contributed by atoms with van der Waals surface area (Å²) in [6.45, 7) is 7.41. The maximum absolute atomic E-state index is 8.95. The number of aromatic nitrogens is 1. The van der Waals surface area contributed by atoms with Crippen LogP contribution in [0.15, 0.2) is 30.9 Å². The highest BCUT2D eigenvalue weighted by Gasteiger charge is 2.03. The van der Waals surface area contributed by atoms with E-state index < -0.39 is 0 Å². The Balaban J connectivity index is 2.85. The highest BCUT2D eigenvalue weighted by molar-refractivity contribution is 5.39. The lowest BCUT2D eigenvalue weighted by Crippen LogP contribution is -2.23. The van der Waals surface area contributed by atoms with Crippen molar-refractivity contribution >= 4 is 5.82 Å². The molecule has 3 nitrogen and oxygen atoms in total. The van der Waals surface area contributed by atoms with Crippen molar-refractivity contribution in [1.82, 2.24) is 4.98 Å². The summed E-state index contributed by atoms with van der Waals surface area (Å²) in [7, 11) is 0.